The van der Waals surface area contributed by atoms with Crippen molar-refractivity contribution in [2.75, 3.05) is 13.1 Å². The normalized spacial score (nSPS) is 14.9. The van der Waals surface area contributed by atoms with Crippen LogP contribution in [-0.4, -0.2) is 59.7 Å². The van der Waals surface area contributed by atoms with E-state index in [0.29, 0.717) is 29.6 Å². The van der Waals surface area contributed by atoms with Crippen LogP contribution in [0.5, 0.6) is 0 Å². The zero-order valence-corrected chi connectivity index (χ0v) is 24.7. The number of pyridine rings is 1. The lowest BCUT2D eigenvalue weighted by Gasteiger charge is -2.37. The number of amides is 1. The van der Waals surface area contributed by atoms with E-state index in [1.807, 2.05) is 0 Å². The second-order valence-corrected chi connectivity index (χ2v) is 14.7. The van der Waals surface area contributed by atoms with E-state index in [1.54, 1.807) is 75.4 Å². The van der Waals surface area contributed by atoms with Crippen LogP contribution < -0.4 is 5.11 Å². The number of fused-ring (bicyclic) bond motifs is 1. The molecule has 10 nitrogen and oxygen atoms in total. The van der Waals surface area contributed by atoms with Crippen LogP contribution in [-0.2, 0) is 26.6 Å². The van der Waals surface area contributed by atoms with E-state index in [0.717, 1.165) is 21.7 Å². The molecule has 41 heavy (non-hydrogen) atoms. The van der Waals surface area contributed by atoms with E-state index >= 15 is 0 Å². The van der Waals surface area contributed by atoms with Gasteiger partial charge in [0.1, 0.15) is 6.09 Å². The first kappa shape index (κ1) is 28.8. The third-order valence-corrected chi connectivity index (χ3v) is 10.9. The van der Waals surface area contributed by atoms with Gasteiger partial charge in [0, 0.05) is 30.2 Å². The van der Waals surface area contributed by atoms with Gasteiger partial charge in [0.05, 0.1) is 22.0 Å². The molecule has 5 rings (SSSR count). The van der Waals surface area contributed by atoms with Gasteiger partial charge in [-0.1, -0.05) is 30.3 Å². The molecule has 0 spiro atoms. The fourth-order valence-corrected chi connectivity index (χ4v) is 8.10. The number of aromatic nitrogens is 2. The number of benzene rings is 2. The molecule has 0 atom stereocenters. The molecule has 0 bridgehead atoms. The zero-order chi connectivity index (χ0) is 29.6. The monoisotopic (exact) mass is 595 g/mol. The Kier molecular flexibility index (Phi) is 7.43. The molecule has 0 radical (unpaired) electrons. The minimum Gasteiger partial charge on any atom is -0.530 e. The van der Waals surface area contributed by atoms with Crippen molar-refractivity contribution >= 4 is 37.2 Å². The molecule has 0 aliphatic carbocycles. The number of rotatable bonds is 7. The molecule has 216 valence electrons. The molecule has 1 saturated heterocycles. The summed E-state index contributed by atoms with van der Waals surface area (Å²) in [7, 11) is -7.77. The number of hydrogen-bond donors (Lipinski definition) is 0. The number of carboxylic acid groups (broad SMARTS) is 1. The highest BCUT2D eigenvalue weighted by Gasteiger charge is 2.30. The van der Waals surface area contributed by atoms with Crippen molar-refractivity contribution in [3.8, 4) is 11.1 Å². The van der Waals surface area contributed by atoms with Gasteiger partial charge in [0.25, 0.3) is 10.0 Å². The van der Waals surface area contributed by atoms with Crippen molar-refractivity contribution in [2.45, 2.75) is 55.5 Å². The molecular weight excluding hydrogens is 564 g/mol. The third kappa shape index (κ3) is 5.34. The van der Waals surface area contributed by atoms with Crippen molar-refractivity contribution in [3.05, 3.63) is 78.6 Å². The second kappa shape index (κ2) is 10.6. The van der Waals surface area contributed by atoms with Crippen molar-refractivity contribution in [3.63, 3.8) is 0 Å². The third-order valence-electron chi connectivity index (χ3n) is 7.23. The summed E-state index contributed by atoms with van der Waals surface area (Å²) in [6.07, 6.45) is 1.71. The summed E-state index contributed by atoms with van der Waals surface area (Å²) in [5, 5.41) is 12.6. The second-order valence-electron chi connectivity index (χ2n) is 11.0. The highest BCUT2D eigenvalue weighted by Crippen LogP contribution is 2.34. The van der Waals surface area contributed by atoms with Gasteiger partial charge in [-0.2, -0.15) is 4.31 Å². The van der Waals surface area contributed by atoms with E-state index in [9.17, 15) is 26.7 Å². The molecule has 0 N–H and O–H groups in total. The Morgan fingerprint density at radius 1 is 0.902 bits per heavy atom. The Labute approximate surface area is 240 Å². The largest absolute Gasteiger partial charge is 0.530 e. The highest BCUT2D eigenvalue weighted by molar-refractivity contribution is 7.90. The molecule has 1 aliphatic heterocycles. The maximum absolute atomic E-state index is 13.9. The SMILES string of the molecule is CC(C)(C)N(Cc1cc2c(-c3ccc(S(=O)(=O)N4CCCC4)cc3)ccnc2n1S(=O)(=O)c1ccccc1)C(=O)[O-]. The summed E-state index contributed by atoms with van der Waals surface area (Å²) in [6, 6.07) is 17.7. The minimum absolute atomic E-state index is 0.0261. The van der Waals surface area contributed by atoms with Gasteiger partial charge in [-0.15, -0.1) is 0 Å². The molecule has 2 aromatic carbocycles. The molecule has 12 heteroatoms. The number of carbonyl (C=O) groups excluding carboxylic acids is 1. The molecule has 3 heterocycles. The fourth-order valence-electron chi connectivity index (χ4n) is 5.08. The first-order valence-corrected chi connectivity index (χ1v) is 16.1. The number of sulfonamides is 1. The Balaban J connectivity index is 1.67. The molecule has 4 aromatic rings. The summed E-state index contributed by atoms with van der Waals surface area (Å²) < 4.78 is 56.4. The predicted molar refractivity (Wildman–Crippen MR) is 153 cm³/mol. The van der Waals surface area contributed by atoms with Crippen LogP contribution in [0.4, 0.5) is 4.79 Å². The van der Waals surface area contributed by atoms with E-state index in [4.69, 9.17) is 0 Å². The standard InChI is InChI=1S/C29H32N4O6S2/c1-29(2,3)32(28(34)35)20-22-19-26-25(21-11-13-24(14-12-21)40(36,37)31-17-7-8-18-31)15-16-30-27(26)33(22)41(38,39)23-9-5-4-6-10-23/h4-6,9-16,19H,7-8,17-18,20H2,1-3H3,(H,34,35)/p-1. The lowest BCUT2D eigenvalue weighted by Crippen LogP contribution is -2.51. The van der Waals surface area contributed by atoms with Crippen LogP contribution in [0.25, 0.3) is 22.2 Å². The van der Waals surface area contributed by atoms with Crippen molar-refractivity contribution in [2.24, 2.45) is 0 Å². The van der Waals surface area contributed by atoms with Gasteiger partial charge in [0.15, 0.2) is 5.65 Å². The Bertz CT molecular complexity index is 1800. The van der Waals surface area contributed by atoms with Crippen LogP contribution in [0.15, 0.2) is 82.7 Å². The van der Waals surface area contributed by atoms with E-state index in [1.165, 1.54) is 22.6 Å². The Morgan fingerprint density at radius 2 is 1.51 bits per heavy atom. The fraction of sp³-hybridized carbons (Fsp3) is 0.310. The summed E-state index contributed by atoms with van der Waals surface area (Å²) in [6.45, 7) is 5.83. The van der Waals surface area contributed by atoms with Crippen LogP contribution in [0.1, 0.15) is 39.3 Å². The number of nitrogens with zero attached hydrogens (tertiary/aromatic N) is 4. The number of carbonyl (C=O) groups is 1. The van der Waals surface area contributed by atoms with Gasteiger partial charge in [-0.25, -0.2) is 25.8 Å². The first-order chi connectivity index (χ1) is 19.3. The van der Waals surface area contributed by atoms with Gasteiger partial charge in [-0.05, 0) is 81.1 Å². The van der Waals surface area contributed by atoms with Gasteiger partial charge in [-0.3, -0.25) is 0 Å². The first-order valence-electron chi connectivity index (χ1n) is 13.2. The lowest BCUT2D eigenvalue weighted by atomic mass is 10.0. The van der Waals surface area contributed by atoms with Gasteiger partial charge >= 0.3 is 0 Å². The average Bonchev–Trinajstić information content (AvgIpc) is 3.60. The highest BCUT2D eigenvalue weighted by atomic mass is 32.2. The zero-order valence-electron chi connectivity index (χ0n) is 23.0. The summed E-state index contributed by atoms with van der Waals surface area (Å²) in [5.41, 5.74) is 0.729. The van der Waals surface area contributed by atoms with E-state index in [-0.39, 0.29) is 27.7 Å². The predicted octanol–water partition coefficient (Wildman–Crippen LogP) is 3.67. The Morgan fingerprint density at radius 3 is 2.10 bits per heavy atom. The van der Waals surface area contributed by atoms with Crippen LogP contribution >= 0.6 is 0 Å². The van der Waals surface area contributed by atoms with E-state index < -0.39 is 31.7 Å². The van der Waals surface area contributed by atoms with Gasteiger partial charge < -0.3 is 14.8 Å². The van der Waals surface area contributed by atoms with Gasteiger partial charge in [0.2, 0.25) is 10.0 Å². The maximum atomic E-state index is 13.9. The van der Waals surface area contributed by atoms with Crippen molar-refractivity contribution in [1.29, 1.82) is 0 Å². The molecule has 0 saturated carbocycles. The van der Waals surface area contributed by atoms with Crippen LogP contribution in [0, 0.1) is 0 Å². The molecule has 0 unspecified atom stereocenters. The van der Waals surface area contributed by atoms with Crippen molar-refractivity contribution < 1.29 is 26.7 Å². The summed E-state index contributed by atoms with van der Waals surface area (Å²) in [5.74, 6) is 0. The van der Waals surface area contributed by atoms with E-state index in [2.05, 4.69) is 4.98 Å². The van der Waals surface area contributed by atoms with Crippen LogP contribution in [0.3, 0.4) is 0 Å². The summed E-state index contributed by atoms with van der Waals surface area (Å²) >= 11 is 0. The topological polar surface area (TPSA) is 133 Å². The average molecular weight is 596 g/mol. The molecule has 1 amide bonds. The smallest absolute Gasteiger partial charge is 0.269 e. The number of hydrogen-bond acceptors (Lipinski definition) is 7. The molecule has 1 aliphatic rings. The Hall–Kier alpha value is -3.74. The lowest BCUT2D eigenvalue weighted by molar-refractivity contribution is -0.271. The summed E-state index contributed by atoms with van der Waals surface area (Å²) in [4.78, 5) is 17.8. The minimum atomic E-state index is -4.17. The molecule has 2 aromatic heterocycles. The molecular formula is C29H31N4O6S2-. The van der Waals surface area contributed by atoms with Crippen molar-refractivity contribution in [1.82, 2.24) is 18.2 Å². The van der Waals surface area contributed by atoms with Crippen LogP contribution in [0.2, 0.25) is 0 Å². The molecule has 1 fully saturated rings. The maximum Gasteiger partial charge on any atom is 0.269 e. The quantitative estimate of drug-likeness (QED) is 0.318.